The van der Waals surface area contributed by atoms with Crippen LogP contribution in [-0.4, -0.2) is 65.2 Å². The molecule has 6 nitrogen and oxygen atoms in total. The maximum atomic E-state index is 13.2. The molecule has 3 atom stereocenters. The second kappa shape index (κ2) is 8.44. The van der Waals surface area contributed by atoms with Gasteiger partial charge in [0.05, 0.1) is 18.7 Å². The van der Waals surface area contributed by atoms with Crippen molar-refractivity contribution in [3.63, 3.8) is 0 Å². The van der Waals surface area contributed by atoms with E-state index in [1.54, 1.807) is 21.9 Å². The summed E-state index contributed by atoms with van der Waals surface area (Å²) in [4.78, 5) is 28.3. The van der Waals surface area contributed by atoms with Gasteiger partial charge in [0.2, 0.25) is 5.91 Å². The molecule has 158 valence electrons. The van der Waals surface area contributed by atoms with E-state index in [4.69, 9.17) is 0 Å². The van der Waals surface area contributed by atoms with Crippen molar-refractivity contribution in [1.82, 2.24) is 15.1 Å². The Morgan fingerprint density at radius 2 is 1.77 bits per heavy atom. The average molecular weight is 411 g/mol. The van der Waals surface area contributed by atoms with Crippen LogP contribution in [0.4, 0.5) is 9.18 Å². The minimum atomic E-state index is -0.278. The highest BCUT2D eigenvalue weighted by atomic mass is 19.1. The Morgan fingerprint density at radius 1 is 1.13 bits per heavy atom. The number of carbonyl (C=O) groups excluding carboxylic acids is 2. The molecule has 2 aromatic rings. The highest BCUT2D eigenvalue weighted by Gasteiger charge is 2.54. The first kappa shape index (κ1) is 20.3. The van der Waals surface area contributed by atoms with Gasteiger partial charge in [0, 0.05) is 19.0 Å². The Labute approximate surface area is 175 Å². The van der Waals surface area contributed by atoms with E-state index < -0.39 is 0 Å². The van der Waals surface area contributed by atoms with Crippen LogP contribution in [0.5, 0.6) is 0 Å². The number of halogens is 1. The average Bonchev–Trinajstić information content (AvgIpc) is 2.74. The Balaban J connectivity index is 1.53. The predicted molar refractivity (Wildman–Crippen MR) is 111 cm³/mol. The van der Waals surface area contributed by atoms with Crippen molar-refractivity contribution in [3.8, 4) is 11.1 Å². The number of aliphatic hydroxyl groups excluding tert-OH is 1. The van der Waals surface area contributed by atoms with Crippen molar-refractivity contribution in [2.24, 2.45) is 0 Å². The molecule has 0 unspecified atom stereocenters. The summed E-state index contributed by atoms with van der Waals surface area (Å²) in [5.74, 6) is -0.440. The summed E-state index contributed by atoms with van der Waals surface area (Å²) in [7, 11) is 0. The maximum Gasteiger partial charge on any atom is 0.317 e. The summed E-state index contributed by atoms with van der Waals surface area (Å²) in [6.45, 7) is 2.92. The summed E-state index contributed by atoms with van der Waals surface area (Å²) in [5, 5.41) is 12.7. The van der Waals surface area contributed by atoms with Gasteiger partial charge in [-0.15, -0.1) is 0 Å². The zero-order chi connectivity index (χ0) is 21.3. The van der Waals surface area contributed by atoms with Crippen molar-refractivity contribution in [1.29, 1.82) is 0 Å². The number of nitrogens with one attached hydrogen (secondary N) is 1. The fourth-order valence-electron chi connectivity index (χ4n) is 4.54. The Morgan fingerprint density at radius 3 is 2.37 bits per heavy atom. The monoisotopic (exact) mass is 411 g/mol. The molecule has 0 radical (unpaired) electrons. The first-order valence-electron chi connectivity index (χ1n) is 10.3. The van der Waals surface area contributed by atoms with Crippen molar-refractivity contribution in [3.05, 3.63) is 59.9 Å². The van der Waals surface area contributed by atoms with Gasteiger partial charge in [-0.3, -0.25) is 4.79 Å². The highest BCUT2D eigenvalue weighted by Crippen LogP contribution is 2.43. The van der Waals surface area contributed by atoms with E-state index in [1.807, 2.05) is 31.2 Å². The van der Waals surface area contributed by atoms with Gasteiger partial charge in [-0.2, -0.15) is 0 Å². The normalized spacial score (nSPS) is 23.0. The van der Waals surface area contributed by atoms with Gasteiger partial charge < -0.3 is 20.2 Å². The number of aliphatic hydroxyl groups is 1. The van der Waals surface area contributed by atoms with E-state index in [2.05, 4.69) is 5.32 Å². The topological polar surface area (TPSA) is 72.9 Å². The van der Waals surface area contributed by atoms with Crippen molar-refractivity contribution in [2.75, 3.05) is 26.2 Å². The van der Waals surface area contributed by atoms with E-state index in [-0.39, 0.29) is 48.9 Å². The molecule has 3 amide bonds. The Hall–Kier alpha value is -2.93. The zero-order valence-corrected chi connectivity index (χ0v) is 16.9. The minimum Gasteiger partial charge on any atom is -0.394 e. The lowest BCUT2D eigenvalue weighted by molar-refractivity contribution is -0.159. The van der Waals surface area contributed by atoms with Crippen molar-refractivity contribution >= 4 is 11.9 Å². The molecule has 0 aliphatic carbocycles. The van der Waals surface area contributed by atoms with E-state index in [1.165, 1.54) is 12.1 Å². The van der Waals surface area contributed by atoms with Crippen LogP contribution < -0.4 is 5.32 Å². The third-order valence-electron chi connectivity index (χ3n) is 6.04. The lowest BCUT2D eigenvalue weighted by Crippen LogP contribution is -2.73. The van der Waals surface area contributed by atoms with Crippen molar-refractivity contribution < 1.29 is 19.1 Å². The van der Waals surface area contributed by atoms with Crippen LogP contribution in [0.15, 0.2) is 48.5 Å². The SMILES string of the molecule is CCCNC(=O)N1CC(=O)N2[C@H](C1)[C@@H](c1ccc(-c3ccc(F)cc3)cc1)[C@@H]2CO. The van der Waals surface area contributed by atoms with Crippen LogP contribution in [-0.2, 0) is 4.79 Å². The van der Waals surface area contributed by atoms with Crippen LogP contribution in [0.1, 0.15) is 24.8 Å². The Kier molecular flexibility index (Phi) is 5.72. The molecule has 2 aliphatic rings. The van der Waals surface area contributed by atoms with Crippen LogP contribution in [0.3, 0.4) is 0 Å². The van der Waals surface area contributed by atoms with E-state index in [0.717, 1.165) is 23.1 Å². The van der Waals surface area contributed by atoms with Crippen LogP contribution in [0, 0.1) is 5.82 Å². The number of hydrogen-bond donors (Lipinski definition) is 2. The summed E-state index contributed by atoms with van der Waals surface area (Å²) < 4.78 is 13.2. The number of fused-ring (bicyclic) bond motifs is 1. The molecular weight excluding hydrogens is 385 g/mol. The number of rotatable bonds is 5. The molecule has 2 aromatic carbocycles. The summed E-state index contributed by atoms with van der Waals surface area (Å²) in [5.41, 5.74) is 2.91. The maximum absolute atomic E-state index is 13.2. The van der Waals surface area contributed by atoms with Gasteiger partial charge >= 0.3 is 6.03 Å². The van der Waals surface area contributed by atoms with E-state index in [9.17, 15) is 19.1 Å². The van der Waals surface area contributed by atoms with Crippen LogP contribution in [0.25, 0.3) is 11.1 Å². The number of urea groups is 1. The quantitative estimate of drug-likeness (QED) is 0.794. The fourth-order valence-corrected chi connectivity index (χ4v) is 4.54. The van der Waals surface area contributed by atoms with E-state index >= 15 is 0 Å². The molecule has 2 fully saturated rings. The summed E-state index contributed by atoms with van der Waals surface area (Å²) in [6, 6.07) is 13.6. The molecule has 0 aromatic heterocycles. The largest absolute Gasteiger partial charge is 0.394 e. The number of carbonyl (C=O) groups is 2. The van der Waals surface area contributed by atoms with Gasteiger partial charge in [0.25, 0.3) is 0 Å². The van der Waals surface area contributed by atoms with Crippen LogP contribution in [0.2, 0.25) is 0 Å². The van der Waals surface area contributed by atoms with Gasteiger partial charge in [0.15, 0.2) is 0 Å². The summed E-state index contributed by atoms with van der Waals surface area (Å²) >= 11 is 0. The van der Waals surface area contributed by atoms with Gasteiger partial charge in [-0.1, -0.05) is 43.3 Å². The molecule has 0 saturated carbocycles. The van der Waals surface area contributed by atoms with Gasteiger partial charge in [-0.25, -0.2) is 9.18 Å². The zero-order valence-electron chi connectivity index (χ0n) is 16.9. The lowest BCUT2D eigenvalue weighted by Gasteiger charge is -2.58. The van der Waals surface area contributed by atoms with E-state index in [0.29, 0.717) is 13.1 Å². The van der Waals surface area contributed by atoms with Crippen LogP contribution >= 0.6 is 0 Å². The standard InChI is InChI=1S/C23H26FN3O3/c1-2-11-25-23(30)26-12-19-22(20(14-28)27(19)21(29)13-26)17-5-3-15(4-6-17)16-7-9-18(24)10-8-16/h3-10,19-20,22,28H,2,11-14H2,1H3,(H,25,30)/t19-,20+,22-/m1/s1. The molecule has 2 aliphatic heterocycles. The molecule has 0 bridgehead atoms. The molecule has 2 saturated heterocycles. The molecule has 2 heterocycles. The molecule has 4 rings (SSSR count). The smallest absolute Gasteiger partial charge is 0.317 e. The summed E-state index contributed by atoms with van der Waals surface area (Å²) in [6.07, 6.45) is 0.832. The number of amides is 3. The minimum absolute atomic E-state index is 0.0389. The number of nitrogens with zero attached hydrogens (tertiary/aromatic N) is 2. The predicted octanol–water partition coefficient (Wildman–Crippen LogP) is 2.58. The highest BCUT2D eigenvalue weighted by molar-refractivity contribution is 5.87. The number of hydrogen-bond acceptors (Lipinski definition) is 3. The molecule has 7 heteroatoms. The number of piperazine rings is 1. The lowest BCUT2D eigenvalue weighted by atomic mass is 9.73. The number of benzene rings is 2. The second-order valence-corrected chi connectivity index (χ2v) is 7.89. The van der Waals surface area contributed by atoms with Gasteiger partial charge in [0.1, 0.15) is 12.4 Å². The van der Waals surface area contributed by atoms with Gasteiger partial charge in [-0.05, 0) is 35.2 Å². The third-order valence-corrected chi connectivity index (χ3v) is 6.04. The molecule has 2 N–H and O–H groups in total. The molecular formula is C23H26FN3O3. The first-order chi connectivity index (χ1) is 14.5. The Bertz CT molecular complexity index is 916. The fraction of sp³-hybridized carbons (Fsp3) is 0.391. The second-order valence-electron chi connectivity index (χ2n) is 7.89. The third kappa shape index (κ3) is 3.65. The van der Waals surface area contributed by atoms with Crippen molar-refractivity contribution in [2.45, 2.75) is 31.3 Å². The molecule has 30 heavy (non-hydrogen) atoms. The first-order valence-corrected chi connectivity index (χ1v) is 10.3. The molecule has 0 spiro atoms.